The number of aromatic nitrogens is 2. The average molecular weight is 549 g/mol. The second-order valence-electron chi connectivity index (χ2n) is 11.5. The molecule has 8 nitrogen and oxygen atoms in total. The van der Waals surface area contributed by atoms with Crippen LogP contribution in [0, 0.1) is 11.7 Å². The van der Waals surface area contributed by atoms with Crippen LogP contribution in [0.4, 0.5) is 10.1 Å². The Morgan fingerprint density at radius 3 is 2.55 bits per heavy atom. The average Bonchev–Trinajstić information content (AvgIpc) is 2.93. The molecule has 1 saturated carbocycles. The van der Waals surface area contributed by atoms with E-state index in [1.165, 1.54) is 26.0 Å². The van der Waals surface area contributed by atoms with Crippen LogP contribution in [-0.2, 0) is 13.0 Å². The van der Waals surface area contributed by atoms with Crippen LogP contribution in [0.2, 0.25) is 0 Å². The number of rotatable bonds is 6. The van der Waals surface area contributed by atoms with Crippen LogP contribution < -0.4 is 20.9 Å². The molecule has 2 aromatic carbocycles. The van der Waals surface area contributed by atoms with Gasteiger partial charge in [0.2, 0.25) is 0 Å². The minimum Gasteiger partial charge on any atom is -0.497 e. The summed E-state index contributed by atoms with van der Waals surface area (Å²) in [5.74, 6) is 1.80. The normalized spacial score (nSPS) is 23.8. The molecule has 0 amide bonds. The molecule has 214 valence electrons. The van der Waals surface area contributed by atoms with Crippen LogP contribution in [0.25, 0.3) is 10.9 Å². The molecule has 9 heteroatoms. The maximum absolute atomic E-state index is 14.4. The van der Waals surface area contributed by atoms with Crippen LogP contribution >= 0.6 is 0 Å². The molecule has 2 heterocycles. The summed E-state index contributed by atoms with van der Waals surface area (Å²) in [6.45, 7) is 8.83. The van der Waals surface area contributed by atoms with Gasteiger partial charge in [0.1, 0.15) is 11.6 Å². The Bertz CT molecular complexity index is 1400. The number of guanidine groups is 1. The van der Waals surface area contributed by atoms with Crippen LogP contribution in [0.5, 0.6) is 5.75 Å². The van der Waals surface area contributed by atoms with Gasteiger partial charge in [-0.25, -0.2) is 14.4 Å². The Kier molecular flexibility index (Phi) is 8.69. The standard InChI is InChI=1S/C31H41FN6O2/c1-20-5-8-24(9-6-20)35-31(38-17-21(2)34-22(3)18-38)36-25-10-12-27-29(15-25)33-19-37(30(27)39)14-13-23-7-11-26(40-4)16-28(23)32/h7,10-12,15-16,19-22,24,34H,5-6,8-9,13-14,17-18H2,1-4H3,(H,35,36)/t20?,21-,22+,24?. The van der Waals surface area contributed by atoms with Crippen LogP contribution in [0.3, 0.4) is 0 Å². The first-order valence-corrected chi connectivity index (χ1v) is 14.5. The molecular weight excluding hydrogens is 507 g/mol. The predicted octanol–water partition coefficient (Wildman–Crippen LogP) is 4.82. The van der Waals surface area contributed by atoms with Crippen molar-refractivity contribution in [2.24, 2.45) is 10.9 Å². The van der Waals surface area contributed by atoms with Crippen LogP contribution in [0.15, 0.2) is 52.5 Å². The van der Waals surface area contributed by atoms with Gasteiger partial charge in [0.05, 0.1) is 30.4 Å². The lowest BCUT2D eigenvalue weighted by Gasteiger charge is -2.38. The van der Waals surface area contributed by atoms with Gasteiger partial charge in [-0.3, -0.25) is 9.36 Å². The molecule has 40 heavy (non-hydrogen) atoms. The number of fused-ring (bicyclic) bond motifs is 1. The number of benzene rings is 2. The van der Waals surface area contributed by atoms with Crippen LogP contribution in [0.1, 0.15) is 52.0 Å². The van der Waals surface area contributed by atoms with Crippen molar-refractivity contribution in [2.75, 3.05) is 25.5 Å². The van der Waals surface area contributed by atoms with E-state index in [1.807, 2.05) is 18.2 Å². The fraction of sp³-hybridized carbons (Fsp3) is 0.516. The summed E-state index contributed by atoms with van der Waals surface area (Å²) < 4.78 is 21.0. The van der Waals surface area contributed by atoms with Gasteiger partial charge in [0.25, 0.3) is 5.56 Å². The third-order valence-corrected chi connectivity index (χ3v) is 8.11. The summed E-state index contributed by atoms with van der Waals surface area (Å²) in [6, 6.07) is 11.5. The highest BCUT2D eigenvalue weighted by Gasteiger charge is 2.26. The number of hydrogen-bond acceptors (Lipinski definition) is 5. The number of halogens is 1. The van der Waals surface area contributed by atoms with E-state index in [0.717, 1.165) is 43.5 Å². The van der Waals surface area contributed by atoms with E-state index < -0.39 is 0 Å². The first kappa shape index (κ1) is 28.1. The van der Waals surface area contributed by atoms with E-state index in [1.54, 1.807) is 23.0 Å². The third kappa shape index (κ3) is 6.63. The predicted molar refractivity (Wildman–Crippen MR) is 159 cm³/mol. The number of piperazine rings is 1. The number of anilines is 1. The molecule has 2 fully saturated rings. The van der Waals surface area contributed by atoms with Crippen molar-refractivity contribution in [1.29, 1.82) is 0 Å². The minimum atomic E-state index is -0.342. The number of aryl methyl sites for hydroxylation is 2. The van der Waals surface area contributed by atoms with Gasteiger partial charge in [-0.15, -0.1) is 0 Å². The van der Waals surface area contributed by atoms with Crippen molar-refractivity contribution in [2.45, 2.75) is 77.5 Å². The van der Waals surface area contributed by atoms with Crippen molar-refractivity contribution in [3.63, 3.8) is 0 Å². The summed E-state index contributed by atoms with van der Waals surface area (Å²) in [4.78, 5) is 25.4. The minimum absolute atomic E-state index is 0.138. The molecule has 1 aliphatic carbocycles. The van der Waals surface area contributed by atoms with E-state index in [9.17, 15) is 9.18 Å². The number of methoxy groups -OCH3 is 1. The molecule has 2 atom stereocenters. The fourth-order valence-corrected chi connectivity index (χ4v) is 5.86. The number of nitrogens with one attached hydrogen (secondary N) is 2. The zero-order valence-electron chi connectivity index (χ0n) is 24.0. The molecule has 0 radical (unpaired) electrons. The molecule has 0 spiro atoms. The molecule has 3 aromatic rings. The van der Waals surface area contributed by atoms with Crippen molar-refractivity contribution in [3.8, 4) is 5.75 Å². The number of aliphatic imine (C=N–C) groups is 1. The maximum atomic E-state index is 14.4. The molecule has 0 unspecified atom stereocenters. The van der Waals surface area contributed by atoms with E-state index in [-0.39, 0.29) is 11.4 Å². The summed E-state index contributed by atoms with van der Waals surface area (Å²) in [7, 11) is 1.51. The largest absolute Gasteiger partial charge is 0.497 e. The summed E-state index contributed by atoms with van der Waals surface area (Å²) in [5, 5.41) is 7.72. The molecule has 2 N–H and O–H groups in total. The second kappa shape index (κ2) is 12.4. The number of ether oxygens (including phenoxy) is 1. The third-order valence-electron chi connectivity index (χ3n) is 8.11. The molecule has 1 aromatic heterocycles. The molecule has 5 rings (SSSR count). The van der Waals surface area contributed by atoms with E-state index >= 15 is 0 Å². The van der Waals surface area contributed by atoms with Gasteiger partial charge in [0.15, 0.2) is 5.96 Å². The lowest BCUT2D eigenvalue weighted by molar-refractivity contribution is 0.251. The SMILES string of the molecule is COc1ccc(CCn2cnc3cc(N/C(=N/C4CCC(C)CC4)N4C[C@@H](C)N[C@@H](C)C4)ccc3c2=O)c(F)c1. The zero-order chi connectivity index (χ0) is 28.2. The van der Waals surface area contributed by atoms with Gasteiger partial charge in [-0.1, -0.05) is 13.0 Å². The van der Waals surface area contributed by atoms with E-state index in [4.69, 9.17) is 9.73 Å². The molecule has 2 aliphatic rings. The first-order chi connectivity index (χ1) is 19.3. The highest BCUT2D eigenvalue weighted by atomic mass is 19.1. The van der Waals surface area contributed by atoms with Crippen LogP contribution in [-0.4, -0.2) is 58.7 Å². The summed E-state index contributed by atoms with van der Waals surface area (Å²) in [5.41, 5.74) is 1.87. The van der Waals surface area contributed by atoms with Gasteiger partial charge < -0.3 is 20.3 Å². The maximum Gasteiger partial charge on any atom is 0.261 e. The Labute approximate surface area is 235 Å². The van der Waals surface area contributed by atoms with Gasteiger partial charge >= 0.3 is 0 Å². The second-order valence-corrected chi connectivity index (χ2v) is 11.5. The fourth-order valence-electron chi connectivity index (χ4n) is 5.86. The van der Waals surface area contributed by atoms with Crippen molar-refractivity contribution in [1.82, 2.24) is 19.8 Å². The van der Waals surface area contributed by atoms with Crippen molar-refractivity contribution >= 4 is 22.5 Å². The van der Waals surface area contributed by atoms with Gasteiger partial charge in [-0.05, 0) is 81.7 Å². The van der Waals surface area contributed by atoms with Gasteiger partial charge in [-0.2, -0.15) is 0 Å². The molecule has 1 saturated heterocycles. The Morgan fingerprint density at radius 1 is 1.10 bits per heavy atom. The van der Waals surface area contributed by atoms with Crippen molar-refractivity contribution in [3.05, 3.63) is 64.5 Å². The van der Waals surface area contributed by atoms with Crippen molar-refractivity contribution < 1.29 is 9.13 Å². The molecular formula is C31H41FN6O2. The summed E-state index contributed by atoms with van der Waals surface area (Å²) >= 11 is 0. The highest BCUT2D eigenvalue weighted by Crippen LogP contribution is 2.26. The highest BCUT2D eigenvalue weighted by molar-refractivity contribution is 5.96. The topological polar surface area (TPSA) is 83.8 Å². The number of hydrogen-bond donors (Lipinski definition) is 2. The molecule has 1 aliphatic heterocycles. The number of nitrogens with zero attached hydrogens (tertiary/aromatic N) is 4. The Hall–Kier alpha value is -3.46. The van der Waals surface area contributed by atoms with E-state index in [0.29, 0.717) is 53.3 Å². The lowest BCUT2D eigenvalue weighted by Crippen LogP contribution is -2.57. The first-order valence-electron chi connectivity index (χ1n) is 14.5. The smallest absolute Gasteiger partial charge is 0.261 e. The van der Waals surface area contributed by atoms with Gasteiger partial charge in [0, 0.05) is 43.5 Å². The summed E-state index contributed by atoms with van der Waals surface area (Å²) in [6.07, 6.45) is 6.59. The Balaban J connectivity index is 1.35. The zero-order valence-corrected chi connectivity index (χ0v) is 24.0. The Morgan fingerprint density at radius 2 is 1.85 bits per heavy atom. The quantitative estimate of drug-likeness (QED) is 0.340. The molecule has 0 bridgehead atoms. The van der Waals surface area contributed by atoms with E-state index in [2.05, 4.69) is 41.3 Å². The monoisotopic (exact) mass is 548 g/mol. The lowest BCUT2D eigenvalue weighted by atomic mass is 9.88.